The van der Waals surface area contributed by atoms with Crippen LogP contribution in [0.25, 0.3) is 0 Å². The van der Waals surface area contributed by atoms with Gasteiger partial charge < -0.3 is 5.32 Å². The standard InChI is InChI=1S/C18H19NO/c1-2-13-8-6-7-11-17(13)19-18(20)16-12-15(16)14-9-4-3-5-10-14/h3-11,15-16H,2,12H2,1H3,(H,19,20)/t15-,16-/m1/s1. The van der Waals surface area contributed by atoms with Gasteiger partial charge in [0.05, 0.1) is 0 Å². The molecule has 1 fully saturated rings. The van der Waals surface area contributed by atoms with E-state index in [9.17, 15) is 4.79 Å². The first kappa shape index (κ1) is 12.9. The Morgan fingerprint density at radius 1 is 1.10 bits per heavy atom. The van der Waals surface area contributed by atoms with Crippen molar-refractivity contribution >= 4 is 11.6 Å². The van der Waals surface area contributed by atoms with Crippen LogP contribution >= 0.6 is 0 Å². The Hall–Kier alpha value is -2.09. The SMILES string of the molecule is CCc1ccccc1NC(=O)[C@@H]1C[C@@H]1c1ccccc1. The third-order valence-electron chi connectivity index (χ3n) is 4.01. The Kier molecular flexibility index (Phi) is 3.55. The van der Waals surface area contributed by atoms with E-state index in [1.54, 1.807) is 0 Å². The minimum atomic E-state index is 0.127. The summed E-state index contributed by atoms with van der Waals surface area (Å²) in [5.41, 5.74) is 3.42. The fourth-order valence-electron chi connectivity index (χ4n) is 2.73. The van der Waals surface area contributed by atoms with Gasteiger partial charge >= 0.3 is 0 Å². The van der Waals surface area contributed by atoms with Gasteiger partial charge in [-0.2, -0.15) is 0 Å². The maximum Gasteiger partial charge on any atom is 0.228 e. The van der Waals surface area contributed by atoms with Crippen molar-refractivity contribution in [3.8, 4) is 0 Å². The van der Waals surface area contributed by atoms with Gasteiger partial charge in [-0.05, 0) is 36.0 Å². The summed E-state index contributed by atoms with van der Waals surface area (Å²) in [5, 5.41) is 3.08. The molecule has 1 saturated carbocycles. The van der Waals surface area contributed by atoms with Gasteiger partial charge in [-0.15, -0.1) is 0 Å². The topological polar surface area (TPSA) is 29.1 Å². The summed E-state index contributed by atoms with van der Waals surface area (Å²) in [5.74, 6) is 0.673. The number of carbonyl (C=O) groups excluding carboxylic acids is 1. The van der Waals surface area contributed by atoms with Crippen LogP contribution in [-0.2, 0) is 11.2 Å². The quantitative estimate of drug-likeness (QED) is 0.889. The van der Waals surface area contributed by atoms with E-state index in [0.717, 1.165) is 18.5 Å². The average molecular weight is 265 g/mol. The molecule has 0 heterocycles. The molecule has 0 spiro atoms. The molecule has 2 atom stereocenters. The lowest BCUT2D eigenvalue weighted by atomic mass is 10.1. The second-order valence-electron chi connectivity index (χ2n) is 5.36. The highest BCUT2D eigenvalue weighted by Gasteiger charge is 2.43. The molecule has 1 N–H and O–H groups in total. The molecule has 2 aromatic carbocycles. The summed E-state index contributed by atoms with van der Waals surface area (Å²) in [6, 6.07) is 18.3. The fraction of sp³-hybridized carbons (Fsp3) is 0.278. The van der Waals surface area contributed by atoms with E-state index in [0.29, 0.717) is 5.92 Å². The maximum absolute atomic E-state index is 12.3. The highest BCUT2D eigenvalue weighted by molar-refractivity contribution is 5.95. The van der Waals surface area contributed by atoms with Crippen LogP contribution in [0.15, 0.2) is 54.6 Å². The summed E-state index contributed by atoms with van der Waals surface area (Å²) in [4.78, 5) is 12.3. The third kappa shape index (κ3) is 2.60. The minimum Gasteiger partial charge on any atom is -0.326 e. The zero-order chi connectivity index (χ0) is 13.9. The number of amides is 1. The van der Waals surface area contributed by atoms with Gasteiger partial charge in [-0.25, -0.2) is 0 Å². The molecule has 2 nitrogen and oxygen atoms in total. The van der Waals surface area contributed by atoms with E-state index in [4.69, 9.17) is 0 Å². The average Bonchev–Trinajstić information content (AvgIpc) is 3.29. The van der Waals surface area contributed by atoms with Gasteiger partial charge in [0.25, 0.3) is 0 Å². The predicted molar refractivity (Wildman–Crippen MR) is 81.7 cm³/mol. The van der Waals surface area contributed by atoms with E-state index >= 15 is 0 Å². The van der Waals surface area contributed by atoms with E-state index in [1.807, 2.05) is 36.4 Å². The maximum atomic E-state index is 12.3. The summed E-state index contributed by atoms with van der Waals surface area (Å²) < 4.78 is 0. The molecule has 2 aromatic rings. The molecule has 102 valence electrons. The lowest BCUT2D eigenvalue weighted by molar-refractivity contribution is -0.117. The number of aryl methyl sites for hydroxylation is 1. The number of rotatable bonds is 4. The van der Waals surface area contributed by atoms with Crippen molar-refractivity contribution in [3.05, 3.63) is 65.7 Å². The molecule has 2 heteroatoms. The second kappa shape index (κ2) is 5.49. The number of hydrogen-bond donors (Lipinski definition) is 1. The molecular formula is C18H19NO. The molecule has 0 aliphatic heterocycles. The molecule has 0 bridgehead atoms. The van der Waals surface area contributed by atoms with Crippen LogP contribution in [0.5, 0.6) is 0 Å². The molecule has 0 unspecified atom stereocenters. The van der Waals surface area contributed by atoms with E-state index in [-0.39, 0.29) is 11.8 Å². The van der Waals surface area contributed by atoms with Crippen LogP contribution in [0.4, 0.5) is 5.69 Å². The number of carbonyl (C=O) groups is 1. The van der Waals surface area contributed by atoms with Crippen molar-refractivity contribution in [2.75, 3.05) is 5.32 Å². The van der Waals surface area contributed by atoms with Crippen LogP contribution < -0.4 is 5.32 Å². The molecule has 3 rings (SSSR count). The summed E-state index contributed by atoms with van der Waals surface area (Å²) >= 11 is 0. The minimum absolute atomic E-state index is 0.127. The normalized spacial score (nSPS) is 20.4. The Morgan fingerprint density at radius 2 is 1.80 bits per heavy atom. The Balaban J connectivity index is 1.67. The van der Waals surface area contributed by atoms with Gasteiger partial charge in [0.1, 0.15) is 0 Å². The lowest BCUT2D eigenvalue weighted by Gasteiger charge is -2.09. The van der Waals surface area contributed by atoms with Crippen molar-refractivity contribution in [2.24, 2.45) is 5.92 Å². The molecule has 1 aliphatic rings. The first-order valence-corrected chi connectivity index (χ1v) is 7.23. The van der Waals surface area contributed by atoms with E-state index in [1.165, 1.54) is 11.1 Å². The molecule has 20 heavy (non-hydrogen) atoms. The summed E-state index contributed by atoms with van der Waals surface area (Å²) in [7, 11) is 0. The highest BCUT2D eigenvalue weighted by atomic mass is 16.2. The van der Waals surface area contributed by atoms with Crippen molar-refractivity contribution in [1.29, 1.82) is 0 Å². The number of para-hydroxylation sites is 1. The zero-order valence-corrected chi connectivity index (χ0v) is 11.7. The lowest BCUT2D eigenvalue weighted by Crippen LogP contribution is -2.15. The zero-order valence-electron chi connectivity index (χ0n) is 11.7. The first-order valence-electron chi connectivity index (χ1n) is 7.23. The van der Waals surface area contributed by atoms with Crippen LogP contribution in [-0.4, -0.2) is 5.91 Å². The summed E-state index contributed by atoms with van der Waals surface area (Å²) in [6.07, 6.45) is 1.90. The van der Waals surface area contributed by atoms with Crippen molar-refractivity contribution < 1.29 is 4.79 Å². The number of anilines is 1. The van der Waals surface area contributed by atoms with Crippen LogP contribution in [0.1, 0.15) is 30.4 Å². The third-order valence-corrected chi connectivity index (χ3v) is 4.01. The second-order valence-corrected chi connectivity index (χ2v) is 5.36. The van der Waals surface area contributed by atoms with Crippen molar-refractivity contribution in [1.82, 2.24) is 0 Å². The first-order chi connectivity index (χ1) is 9.79. The Morgan fingerprint density at radius 3 is 2.55 bits per heavy atom. The molecule has 0 aromatic heterocycles. The van der Waals surface area contributed by atoms with E-state index in [2.05, 4.69) is 30.4 Å². The Labute approximate surface area is 119 Å². The van der Waals surface area contributed by atoms with Crippen LogP contribution in [0.2, 0.25) is 0 Å². The van der Waals surface area contributed by atoms with Crippen molar-refractivity contribution in [3.63, 3.8) is 0 Å². The largest absolute Gasteiger partial charge is 0.326 e. The van der Waals surface area contributed by atoms with Crippen LogP contribution in [0, 0.1) is 5.92 Å². The van der Waals surface area contributed by atoms with Gasteiger partial charge in [0.2, 0.25) is 5.91 Å². The monoisotopic (exact) mass is 265 g/mol. The number of nitrogens with one attached hydrogen (secondary N) is 1. The van der Waals surface area contributed by atoms with E-state index < -0.39 is 0 Å². The summed E-state index contributed by atoms with van der Waals surface area (Å²) in [6.45, 7) is 2.11. The smallest absolute Gasteiger partial charge is 0.228 e. The van der Waals surface area contributed by atoms with Crippen LogP contribution in [0.3, 0.4) is 0 Å². The molecule has 0 radical (unpaired) electrons. The van der Waals surface area contributed by atoms with Gasteiger partial charge in [-0.1, -0.05) is 55.5 Å². The number of hydrogen-bond acceptors (Lipinski definition) is 1. The van der Waals surface area contributed by atoms with Gasteiger partial charge in [-0.3, -0.25) is 4.79 Å². The predicted octanol–water partition coefficient (Wildman–Crippen LogP) is 3.99. The molecule has 1 amide bonds. The number of benzene rings is 2. The van der Waals surface area contributed by atoms with Gasteiger partial charge in [0, 0.05) is 11.6 Å². The highest BCUT2D eigenvalue weighted by Crippen LogP contribution is 2.47. The van der Waals surface area contributed by atoms with Gasteiger partial charge in [0.15, 0.2) is 0 Å². The molecule has 0 saturated heterocycles. The van der Waals surface area contributed by atoms with Crippen molar-refractivity contribution in [2.45, 2.75) is 25.7 Å². The Bertz CT molecular complexity index is 606. The fourth-order valence-corrected chi connectivity index (χ4v) is 2.73. The molecular weight excluding hydrogens is 246 g/mol. The molecule has 1 aliphatic carbocycles.